The van der Waals surface area contributed by atoms with Crippen LogP contribution in [-0.4, -0.2) is 35.8 Å². The van der Waals surface area contributed by atoms with E-state index >= 15 is 0 Å². The molecule has 0 aliphatic carbocycles. The van der Waals surface area contributed by atoms with Gasteiger partial charge in [0.25, 0.3) is 0 Å². The molecule has 1 aliphatic rings. The fourth-order valence-electron chi connectivity index (χ4n) is 2.71. The molecule has 0 spiro atoms. The molecule has 0 bridgehead atoms. The molecule has 1 amide bonds. The predicted molar refractivity (Wildman–Crippen MR) is 92.2 cm³/mol. The first kappa shape index (κ1) is 21.1. The highest BCUT2D eigenvalue weighted by molar-refractivity contribution is 5.95. The number of anilines is 1. The van der Waals surface area contributed by atoms with E-state index in [1.54, 1.807) is 12.1 Å². The molecule has 2 aromatic rings. The Morgan fingerprint density at radius 3 is 2.37 bits per heavy atom. The molecule has 1 saturated heterocycles. The minimum atomic E-state index is -4.70. The van der Waals surface area contributed by atoms with Crippen molar-refractivity contribution in [1.29, 1.82) is 0 Å². The van der Waals surface area contributed by atoms with Crippen LogP contribution >= 0.6 is 12.4 Å². The SMILES string of the molecule is Cl.NCC1(C(=O)Nc2ccc(-c3noc(C(F)(F)F)n3)cc2)CCOCC1. The van der Waals surface area contributed by atoms with E-state index in [9.17, 15) is 18.0 Å². The number of carbonyl (C=O) groups is 1. The molecule has 1 aromatic carbocycles. The van der Waals surface area contributed by atoms with Crippen LogP contribution in [0.2, 0.25) is 0 Å². The second-order valence-corrected chi connectivity index (χ2v) is 6.05. The van der Waals surface area contributed by atoms with Crippen LogP contribution in [0.5, 0.6) is 0 Å². The largest absolute Gasteiger partial charge is 0.471 e. The number of alkyl halides is 3. The molecule has 1 aliphatic heterocycles. The van der Waals surface area contributed by atoms with Gasteiger partial charge in [-0.15, -0.1) is 12.4 Å². The zero-order chi connectivity index (χ0) is 18.8. The Balaban J connectivity index is 0.00000261. The minimum absolute atomic E-state index is 0. The average molecular weight is 407 g/mol. The van der Waals surface area contributed by atoms with Crippen LogP contribution in [0.1, 0.15) is 18.7 Å². The molecule has 11 heteroatoms. The van der Waals surface area contributed by atoms with Crippen molar-refractivity contribution in [2.45, 2.75) is 19.0 Å². The van der Waals surface area contributed by atoms with Crippen LogP contribution in [0.4, 0.5) is 18.9 Å². The lowest BCUT2D eigenvalue weighted by atomic mass is 9.79. The number of hydrogen-bond donors (Lipinski definition) is 2. The van der Waals surface area contributed by atoms with E-state index < -0.39 is 17.5 Å². The molecule has 3 N–H and O–H groups in total. The van der Waals surface area contributed by atoms with Crippen molar-refractivity contribution in [3.05, 3.63) is 30.2 Å². The zero-order valence-electron chi connectivity index (χ0n) is 14.1. The van der Waals surface area contributed by atoms with Gasteiger partial charge in [-0.2, -0.15) is 18.2 Å². The Labute approximate surface area is 158 Å². The van der Waals surface area contributed by atoms with Gasteiger partial charge in [0.1, 0.15) is 0 Å². The summed E-state index contributed by atoms with van der Waals surface area (Å²) < 4.78 is 47.0. The quantitative estimate of drug-likeness (QED) is 0.809. The van der Waals surface area contributed by atoms with Crippen LogP contribution in [-0.2, 0) is 15.7 Å². The fourth-order valence-corrected chi connectivity index (χ4v) is 2.71. The summed E-state index contributed by atoms with van der Waals surface area (Å²) in [5.74, 6) is -1.79. The Hall–Kier alpha value is -2.17. The summed E-state index contributed by atoms with van der Waals surface area (Å²) in [6.45, 7) is 1.16. The number of halogens is 4. The van der Waals surface area contributed by atoms with Gasteiger partial charge in [0.2, 0.25) is 11.7 Å². The van der Waals surface area contributed by atoms with Crippen LogP contribution < -0.4 is 11.1 Å². The van der Waals surface area contributed by atoms with E-state index in [-0.39, 0.29) is 30.7 Å². The summed E-state index contributed by atoms with van der Waals surface area (Å²) in [7, 11) is 0. The zero-order valence-corrected chi connectivity index (χ0v) is 14.9. The average Bonchev–Trinajstić information content (AvgIpc) is 3.13. The second-order valence-electron chi connectivity index (χ2n) is 6.05. The smallest absolute Gasteiger partial charge is 0.381 e. The molecule has 27 heavy (non-hydrogen) atoms. The standard InChI is InChI=1S/C16H17F3N4O3.ClH/c17-16(18,19)14-22-12(23-26-14)10-1-3-11(4-2-10)21-13(24)15(9-20)5-7-25-8-6-15;/h1-4H,5-9,20H2,(H,21,24);1H. The van der Waals surface area contributed by atoms with Gasteiger partial charge in [-0.25, -0.2) is 0 Å². The number of carbonyl (C=O) groups excluding carboxylic acids is 1. The monoisotopic (exact) mass is 406 g/mol. The molecule has 1 aromatic heterocycles. The summed E-state index contributed by atoms with van der Waals surface area (Å²) in [5, 5.41) is 6.11. The van der Waals surface area contributed by atoms with Gasteiger partial charge in [0, 0.05) is 31.0 Å². The Morgan fingerprint density at radius 2 is 1.85 bits per heavy atom. The van der Waals surface area contributed by atoms with Crippen LogP contribution in [0.15, 0.2) is 28.8 Å². The molecular weight excluding hydrogens is 389 g/mol. The van der Waals surface area contributed by atoms with Gasteiger partial charge in [-0.3, -0.25) is 4.79 Å². The first-order valence-corrected chi connectivity index (χ1v) is 7.95. The molecule has 0 radical (unpaired) electrons. The van der Waals surface area contributed by atoms with Gasteiger partial charge in [0.15, 0.2) is 0 Å². The van der Waals surface area contributed by atoms with E-state index in [2.05, 4.69) is 20.0 Å². The topological polar surface area (TPSA) is 103 Å². The molecule has 3 rings (SSSR count). The van der Waals surface area contributed by atoms with Crippen molar-refractivity contribution in [2.75, 3.05) is 25.1 Å². The van der Waals surface area contributed by atoms with Crippen molar-refractivity contribution >= 4 is 24.0 Å². The van der Waals surface area contributed by atoms with E-state index in [1.165, 1.54) is 12.1 Å². The first-order valence-electron chi connectivity index (χ1n) is 7.95. The third-order valence-corrected chi connectivity index (χ3v) is 4.39. The number of nitrogens with two attached hydrogens (primary N) is 1. The molecule has 2 heterocycles. The predicted octanol–water partition coefficient (Wildman–Crippen LogP) is 2.87. The number of amides is 1. The maximum absolute atomic E-state index is 12.6. The van der Waals surface area contributed by atoms with E-state index in [0.717, 1.165) is 0 Å². The summed E-state index contributed by atoms with van der Waals surface area (Å²) in [5.41, 5.74) is 5.95. The molecule has 0 saturated carbocycles. The van der Waals surface area contributed by atoms with Crippen LogP contribution in [0, 0.1) is 5.41 Å². The van der Waals surface area contributed by atoms with Crippen molar-refractivity contribution in [1.82, 2.24) is 10.1 Å². The summed E-state index contributed by atoms with van der Waals surface area (Å²) in [4.78, 5) is 15.9. The number of ether oxygens (including phenoxy) is 1. The normalized spacial score (nSPS) is 16.4. The second kappa shape index (κ2) is 8.24. The number of benzene rings is 1. The van der Waals surface area contributed by atoms with Gasteiger partial charge in [-0.05, 0) is 37.1 Å². The molecule has 7 nitrogen and oxygen atoms in total. The minimum Gasteiger partial charge on any atom is -0.381 e. The Kier molecular flexibility index (Phi) is 6.45. The van der Waals surface area contributed by atoms with Gasteiger partial charge < -0.3 is 20.3 Å². The molecule has 1 fully saturated rings. The van der Waals surface area contributed by atoms with E-state index in [1.807, 2.05) is 0 Å². The number of aromatic nitrogens is 2. The van der Waals surface area contributed by atoms with Gasteiger partial charge in [-0.1, -0.05) is 5.16 Å². The number of nitrogens with zero attached hydrogens (tertiary/aromatic N) is 2. The highest BCUT2D eigenvalue weighted by Gasteiger charge is 2.39. The molecule has 0 unspecified atom stereocenters. The van der Waals surface area contributed by atoms with E-state index in [4.69, 9.17) is 10.5 Å². The maximum Gasteiger partial charge on any atom is 0.471 e. The lowest BCUT2D eigenvalue weighted by Gasteiger charge is -2.34. The summed E-state index contributed by atoms with van der Waals surface area (Å²) in [6, 6.07) is 6.11. The maximum atomic E-state index is 12.6. The summed E-state index contributed by atoms with van der Waals surface area (Å²) >= 11 is 0. The fraction of sp³-hybridized carbons (Fsp3) is 0.438. The third-order valence-electron chi connectivity index (χ3n) is 4.39. The Morgan fingerprint density at radius 1 is 1.22 bits per heavy atom. The highest BCUT2D eigenvalue weighted by atomic mass is 35.5. The number of nitrogens with one attached hydrogen (secondary N) is 1. The van der Waals surface area contributed by atoms with Gasteiger partial charge in [0.05, 0.1) is 5.41 Å². The van der Waals surface area contributed by atoms with Gasteiger partial charge >= 0.3 is 12.1 Å². The number of rotatable bonds is 4. The molecule has 148 valence electrons. The molecular formula is C16H18ClF3N4O3. The van der Waals surface area contributed by atoms with Crippen molar-refractivity contribution in [2.24, 2.45) is 11.1 Å². The Bertz CT molecular complexity index is 774. The van der Waals surface area contributed by atoms with Crippen LogP contribution in [0.25, 0.3) is 11.4 Å². The first-order chi connectivity index (χ1) is 12.3. The van der Waals surface area contributed by atoms with Crippen molar-refractivity contribution in [3.63, 3.8) is 0 Å². The lowest BCUT2D eigenvalue weighted by Crippen LogP contribution is -2.46. The van der Waals surface area contributed by atoms with Crippen LogP contribution in [0.3, 0.4) is 0 Å². The van der Waals surface area contributed by atoms with Crippen molar-refractivity contribution in [3.8, 4) is 11.4 Å². The number of hydrogen-bond acceptors (Lipinski definition) is 6. The van der Waals surface area contributed by atoms with E-state index in [0.29, 0.717) is 37.3 Å². The molecule has 0 atom stereocenters. The highest BCUT2D eigenvalue weighted by Crippen LogP contribution is 2.32. The third kappa shape index (κ3) is 4.57. The lowest BCUT2D eigenvalue weighted by molar-refractivity contribution is -0.159. The summed E-state index contributed by atoms with van der Waals surface area (Å²) in [6.07, 6.45) is -3.62. The van der Waals surface area contributed by atoms with Crippen molar-refractivity contribution < 1.29 is 27.2 Å².